The smallest absolute Gasteiger partial charge is 0.387 e. The van der Waals surface area contributed by atoms with Crippen LogP contribution in [0.2, 0.25) is 0 Å². The van der Waals surface area contributed by atoms with E-state index in [1.807, 2.05) is 0 Å². The molecule has 0 aromatic heterocycles. The van der Waals surface area contributed by atoms with Crippen LogP contribution in [0, 0.1) is 0 Å². The topological polar surface area (TPSA) is 87.1 Å². The van der Waals surface area contributed by atoms with Crippen LogP contribution in [-0.4, -0.2) is 46.8 Å². The van der Waals surface area contributed by atoms with E-state index in [2.05, 4.69) is 4.74 Å². The van der Waals surface area contributed by atoms with Crippen molar-refractivity contribution >= 4 is 11.9 Å². The number of carbonyl (C=O) groups is 2. The SMILES string of the molecule is O=C(O)CN(CC(=O)O)Cc1ccccc1OC(F)F. The van der Waals surface area contributed by atoms with E-state index in [1.54, 1.807) is 6.07 Å². The van der Waals surface area contributed by atoms with Gasteiger partial charge in [0.15, 0.2) is 0 Å². The fourth-order valence-corrected chi connectivity index (χ4v) is 1.64. The second-order valence-corrected chi connectivity index (χ2v) is 3.92. The van der Waals surface area contributed by atoms with Crippen molar-refractivity contribution < 1.29 is 33.3 Å². The quantitative estimate of drug-likeness (QED) is 0.749. The van der Waals surface area contributed by atoms with Crippen LogP contribution in [0.3, 0.4) is 0 Å². The number of halogens is 2. The zero-order chi connectivity index (χ0) is 15.1. The van der Waals surface area contributed by atoms with E-state index in [0.29, 0.717) is 0 Å². The third-order valence-electron chi connectivity index (χ3n) is 2.30. The number of hydrogen-bond donors (Lipinski definition) is 2. The van der Waals surface area contributed by atoms with Gasteiger partial charge < -0.3 is 14.9 Å². The summed E-state index contributed by atoms with van der Waals surface area (Å²) in [6.45, 7) is -4.17. The Morgan fingerprint density at radius 1 is 1.15 bits per heavy atom. The Labute approximate surface area is 113 Å². The third kappa shape index (κ3) is 5.61. The van der Waals surface area contributed by atoms with Crippen LogP contribution >= 0.6 is 0 Å². The highest BCUT2D eigenvalue weighted by Gasteiger charge is 2.17. The number of nitrogens with zero attached hydrogens (tertiary/aromatic N) is 1. The summed E-state index contributed by atoms with van der Waals surface area (Å²) in [4.78, 5) is 22.4. The number of hydrogen-bond acceptors (Lipinski definition) is 4. The maximum absolute atomic E-state index is 12.2. The van der Waals surface area contributed by atoms with Crippen molar-refractivity contribution in [2.45, 2.75) is 13.2 Å². The Morgan fingerprint density at radius 3 is 2.20 bits per heavy atom. The van der Waals surface area contributed by atoms with E-state index in [-0.39, 0.29) is 17.9 Å². The van der Waals surface area contributed by atoms with Gasteiger partial charge >= 0.3 is 18.6 Å². The number of ether oxygens (including phenoxy) is 1. The van der Waals surface area contributed by atoms with E-state index >= 15 is 0 Å². The van der Waals surface area contributed by atoms with Gasteiger partial charge in [-0.3, -0.25) is 14.5 Å². The van der Waals surface area contributed by atoms with Crippen LogP contribution in [0.4, 0.5) is 8.78 Å². The van der Waals surface area contributed by atoms with Gasteiger partial charge in [0.2, 0.25) is 0 Å². The minimum absolute atomic E-state index is 0.108. The summed E-state index contributed by atoms with van der Waals surface area (Å²) in [6.07, 6.45) is 0. The molecule has 0 unspecified atom stereocenters. The molecule has 2 N–H and O–H groups in total. The lowest BCUT2D eigenvalue weighted by Gasteiger charge is -2.19. The number of aliphatic carboxylic acids is 2. The van der Waals surface area contributed by atoms with Crippen molar-refractivity contribution in [1.29, 1.82) is 0 Å². The predicted octanol–water partition coefficient (Wildman–Crippen LogP) is 1.26. The lowest BCUT2D eigenvalue weighted by Crippen LogP contribution is -2.34. The van der Waals surface area contributed by atoms with Crippen molar-refractivity contribution in [2.75, 3.05) is 13.1 Å². The van der Waals surface area contributed by atoms with Crippen molar-refractivity contribution in [3.8, 4) is 5.75 Å². The zero-order valence-corrected chi connectivity index (χ0v) is 10.3. The van der Waals surface area contributed by atoms with Crippen molar-refractivity contribution in [2.24, 2.45) is 0 Å². The first-order chi connectivity index (χ1) is 9.38. The first-order valence-electron chi connectivity index (χ1n) is 5.57. The molecule has 0 aliphatic heterocycles. The Bertz CT molecular complexity index is 465. The van der Waals surface area contributed by atoms with E-state index in [0.717, 1.165) is 4.90 Å². The van der Waals surface area contributed by atoms with Crippen molar-refractivity contribution in [3.63, 3.8) is 0 Å². The summed E-state index contributed by atoms with van der Waals surface area (Å²) in [7, 11) is 0. The molecule has 0 heterocycles. The minimum Gasteiger partial charge on any atom is -0.480 e. The maximum Gasteiger partial charge on any atom is 0.387 e. The Kier molecular flexibility index (Phi) is 5.85. The van der Waals surface area contributed by atoms with Gasteiger partial charge in [-0.15, -0.1) is 0 Å². The average Bonchev–Trinajstić information content (AvgIpc) is 2.29. The molecule has 110 valence electrons. The molecule has 0 spiro atoms. The molecule has 0 fully saturated rings. The maximum atomic E-state index is 12.2. The standard InChI is InChI=1S/C12H13F2NO5/c13-12(14)20-9-4-2-1-3-8(9)5-15(6-10(16)17)7-11(18)19/h1-4,12H,5-7H2,(H,16,17)(H,18,19). The number of rotatable bonds is 8. The van der Waals surface area contributed by atoms with Gasteiger partial charge in [0.05, 0.1) is 13.1 Å². The van der Waals surface area contributed by atoms with E-state index in [4.69, 9.17) is 10.2 Å². The number of carboxylic acid groups (broad SMARTS) is 2. The molecule has 0 saturated carbocycles. The monoisotopic (exact) mass is 289 g/mol. The number of carboxylic acids is 2. The predicted molar refractivity (Wildman–Crippen MR) is 63.6 cm³/mol. The third-order valence-corrected chi connectivity index (χ3v) is 2.30. The second kappa shape index (κ2) is 7.39. The second-order valence-electron chi connectivity index (χ2n) is 3.92. The summed E-state index contributed by atoms with van der Waals surface area (Å²) in [5, 5.41) is 17.4. The molecule has 1 rings (SSSR count). The molecule has 0 aliphatic rings. The lowest BCUT2D eigenvalue weighted by molar-refractivity contribution is -0.142. The normalized spacial score (nSPS) is 10.8. The zero-order valence-electron chi connectivity index (χ0n) is 10.3. The largest absolute Gasteiger partial charge is 0.480 e. The molecule has 0 atom stereocenters. The van der Waals surface area contributed by atoms with Gasteiger partial charge in [0.25, 0.3) is 0 Å². The van der Waals surface area contributed by atoms with E-state index < -0.39 is 31.6 Å². The fraction of sp³-hybridized carbons (Fsp3) is 0.333. The number of benzene rings is 1. The fourth-order valence-electron chi connectivity index (χ4n) is 1.64. The molecule has 8 heteroatoms. The lowest BCUT2D eigenvalue weighted by atomic mass is 10.2. The molecule has 1 aromatic rings. The molecule has 0 aliphatic carbocycles. The van der Waals surface area contributed by atoms with Gasteiger partial charge in [-0.25, -0.2) is 0 Å². The van der Waals surface area contributed by atoms with Crippen LogP contribution < -0.4 is 4.74 Å². The Hall–Kier alpha value is -2.22. The van der Waals surface area contributed by atoms with Crippen LogP contribution in [0.25, 0.3) is 0 Å². The highest BCUT2D eigenvalue weighted by Crippen LogP contribution is 2.21. The van der Waals surface area contributed by atoms with Crippen LogP contribution in [0.1, 0.15) is 5.56 Å². The Morgan fingerprint density at radius 2 is 1.70 bits per heavy atom. The van der Waals surface area contributed by atoms with Gasteiger partial charge in [0.1, 0.15) is 5.75 Å². The average molecular weight is 289 g/mol. The van der Waals surface area contributed by atoms with Crippen LogP contribution in [0.15, 0.2) is 24.3 Å². The first-order valence-corrected chi connectivity index (χ1v) is 5.57. The molecular weight excluding hydrogens is 276 g/mol. The van der Waals surface area contributed by atoms with Gasteiger partial charge in [-0.05, 0) is 6.07 Å². The highest BCUT2D eigenvalue weighted by molar-refractivity contribution is 5.72. The molecular formula is C12H13F2NO5. The van der Waals surface area contributed by atoms with Crippen molar-refractivity contribution in [1.82, 2.24) is 4.90 Å². The minimum atomic E-state index is -3.01. The van der Waals surface area contributed by atoms with Crippen LogP contribution in [-0.2, 0) is 16.1 Å². The Balaban J connectivity index is 2.86. The summed E-state index contributed by atoms with van der Waals surface area (Å²) >= 11 is 0. The number of alkyl halides is 2. The molecule has 0 radical (unpaired) electrons. The van der Waals surface area contributed by atoms with E-state index in [9.17, 15) is 18.4 Å². The molecule has 0 amide bonds. The molecule has 0 bridgehead atoms. The highest BCUT2D eigenvalue weighted by atomic mass is 19.3. The summed E-state index contributed by atoms with van der Waals surface area (Å²) in [6, 6.07) is 5.82. The first kappa shape index (κ1) is 15.8. The van der Waals surface area contributed by atoms with Gasteiger partial charge in [-0.1, -0.05) is 18.2 Å². The summed E-state index contributed by atoms with van der Waals surface area (Å²) < 4.78 is 28.8. The molecule has 0 saturated heterocycles. The van der Waals surface area contributed by atoms with E-state index in [1.165, 1.54) is 18.2 Å². The van der Waals surface area contributed by atoms with Crippen molar-refractivity contribution in [3.05, 3.63) is 29.8 Å². The van der Waals surface area contributed by atoms with Crippen LogP contribution in [0.5, 0.6) is 5.75 Å². The molecule has 20 heavy (non-hydrogen) atoms. The summed E-state index contributed by atoms with van der Waals surface area (Å²) in [5.41, 5.74) is 0.287. The molecule has 1 aromatic carbocycles. The number of para-hydroxylation sites is 1. The van der Waals surface area contributed by atoms with Gasteiger partial charge in [-0.2, -0.15) is 8.78 Å². The molecule has 6 nitrogen and oxygen atoms in total. The summed E-state index contributed by atoms with van der Waals surface area (Å²) in [5.74, 6) is -2.53. The van der Waals surface area contributed by atoms with Gasteiger partial charge in [0, 0.05) is 12.1 Å².